The summed E-state index contributed by atoms with van der Waals surface area (Å²) >= 11 is 0. The van der Waals surface area contributed by atoms with Crippen LogP contribution in [0.15, 0.2) is 24.3 Å². The van der Waals surface area contributed by atoms with Crippen molar-refractivity contribution in [2.24, 2.45) is 0 Å². The zero-order valence-corrected chi connectivity index (χ0v) is 19.5. The molecule has 0 amide bonds. The lowest BCUT2D eigenvalue weighted by Gasteiger charge is -2.36. The Morgan fingerprint density at radius 1 is 0.593 bits per heavy atom. The first kappa shape index (κ1) is 26.5. The summed E-state index contributed by atoms with van der Waals surface area (Å²) < 4.78 is 1.22. The zero-order chi connectivity index (χ0) is 19.1. The molecule has 0 unspecified atom stereocenters. The molecule has 0 N–H and O–H groups in total. The molecule has 1 nitrogen and oxygen atoms in total. The Labute approximate surface area is 176 Å². The van der Waals surface area contributed by atoms with Gasteiger partial charge in [0.15, 0.2) is 0 Å². The van der Waals surface area contributed by atoms with Crippen molar-refractivity contribution in [3.05, 3.63) is 35.4 Å². The fourth-order valence-electron chi connectivity index (χ4n) is 4.13. The third-order valence-corrected chi connectivity index (χ3v) is 6.44. The molecule has 0 saturated heterocycles. The van der Waals surface area contributed by atoms with Crippen LogP contribution in [0.1, 0.15) is 103 Å². The molecule has 0 heterocycles. The highest BCUT2D eigenvalue weighted by Crippen LogP contribution is 2.20. The molecule has 0 radical (unpaired) electrons. The van der Waals surface area contributed by atoms with Crippen LogP contribution in [-0.4, -0.2) is 24.1 Å². The van der Waals surface area contributed by atoms with Crippen molar-refractivity contribution in [3.63, 3.8) is 0 Å². The lowest BCUT2D eigenvalue weighted by molar-refractivity contribution is -0.936. The van der Waals surface area contributed by atoms with E-state index < -0.39 is 0 Å². The summed E-state index contributed by atoms with van der Waals surface area (Å²) in [6.07, 6.45) is 15.5. The Balaban J connectivity index is 0.00000676. The Morgan fingerprint density at radius 3 is 1.52 bits per heavy atom. The summed E-state index contributed by atoms with van der Waals surface area (Å²) in [6.45, 7) is 14.2. The first-order valence-electron chi connectivity index (χ1n) is 11.6. The average Bonchev–Trinajstić information content (AvgIpc) is 2.68. The summed E-state index contributed by atoms with van der Waals surface area (Å²) in [5.41, 5.74) is 3.19. The number of hydrogen-bond acceptors (Lipinski definition) is 0. The third-order valence-electron chi connectivity index (χ3n) is 6.44. The molecular weight excluding hydrogens is 350 g/mol. The average molecular weight is 396 g/mol. The normalized spacial score (nSPS) is 11.4. The number of aryl methyl sites for hydroxylation is 1. The van der Waals surface area contributed by atoms with Gasteiger partial charge in [0.25, 0.3) is 0 Å². The number of halogens is 1. The van der Waals surface area contributed by atoms with Gasteiger partial charge in [-0.1, -0.05) is 89.0 Å². The Morgan fingerprint density at radius 2 is 1.04 bits per heavy atom. The fourth-order valence-corrected chi connectivity index (χ4v) is 4.13. The summed E-state index contributed by atoms with van der Waals surface area (Å²) in [5, 5.41) is 0. The van der Waals surface area contributed by atoms with Gasteiger partial charge in [0.05, 0.1) is 19.6 Å². The summed E-state index contributed by atoms with van der Waals surface area (Å²) in [7, 11) is 0. The fraction of sp³-hybridized carbons (Fsp3) is 0.760. The lowest BCUT2D eigenvalue weighted by atomic mass is 9.99. The maximum atomic E-state index is 2.37. The van der Waals surface area contributed by atoms with Crippen molar-refractivity contribution in [2.45, 2.75) is 105 Å². The molecule has 1 aromatic carbocycles. The minimum Gasteiger partial charge on any atom is -1.00 e. The largest absolute Gasteiger partial charge is 1.00 e. The van der Waals surface area contributed by atoms with Crippen molar-refractivity contribution >= 4 is 0 Å². The molecule has 0 spiro atoms. The van der Waals surface area contributed by atoms with Gasteiger partial charge in [0.2, 0.25) is 0 Å². The van der Waals surface area contributed by atoms with E-state index in [1.54, 1.807) is 11.1 Å². The van der Waals surface area contributed by atoms with Crippen LogP contribution in [0.3, 0.4) is 0 Å². The van der Waals surface area contributed by atoms with Gasteiger partial charge in [-0.15, -0.1) is 0 Å². The van der Waals surface area contributed by atoms with Gasteiger partial charge in [0.1, 0.15) is 6.54 Å². The maximum absolute atomic E-state index is 2.37. The zero-order valence-electron chi connectivity index (χ0n) is 18.7. The van der Waals surface area contributed by atoms with E-state index >= 15 is 0 Å². The van der Waals surface area contributed by atoms with Gasteiger partial charge < -0.3 is 16.9 Å². The van der Waals surface area contributed by atoms with E-state index in [0.29, 0.717) is 0 Å². The van der Waals surface area contributed by atoms with Gasteiger partial charge in [-0.25, -0.2) is 0 Å². The minimum absolute atomic E-state index is 0. The van der Waals surface area contributed by atoms with Crippen LogP contribution in [0.25, 0.3) is 0 Å². The van der Waals surface area contributed by atoms with E-state index in [0.717, 1.165) is 0 Å². The Hall–Kier alpha value is -0.530. The van der Waals surface area contributed by atoms with Crippen molar-refractivity contribution in [2.75, 3.05) is 19.6 Å². The second-order valence-electron chi connectivity index (χ2n) is 8.15. The van der Waals surface area contributed by atoms with Crippen LogP contribution < -0.4 is 12.4 Å². The number of benzene rings is 1. The van der Waals surface area contributed by atoms with Crippen molar-refractivity contribution in [3.8, 4) is 0 Å². The highest BCUT2D eigenvalue weighted by atomic mass is 35.5. The van der Waals surface area contributed by atoms with Gasteiger partial charge in [-0.3, -0.25) is 0 Å². The smallest absolute Gasteiger partial charge is 0.105 e. The summed E-state index contributed by atoms with van der Waals surface area (Å²) in [6, 6.07) is 9.21. The molecule has 0 fully saturated rings. The molecule has 0 aliphatic rings. The number of unbranched alkanes of at least 4 members (excludes halogenated alkanes) is 9. The highest BCUT2D eigenvalue weighted by molar-refractivity contribution is 5.26. The molecule has 0 bridgehead atoms. The maximum Gasteiger partial charge on any atom is 0.105 e. The van der Waals surface area contributed by atoms with Crippen LogP contribution >= 0.6 is 0 Å². The first-order chi connectivity index (χ1) is 12.7. The first-order valence-corrected chi connectivity index (χ1v) is 11.6. The van der Waals surface area contributed by atoms with Crippen LogP contribution in [0.5, 0.6) is 0 Å². The number of nitrogens with zero attached hydrogens (tertiary/aromatic N) is 1. The number of quaternary nitrogens is 1. The highest BCUT2D eigenvalue weighted by Gasteiger charge is 2.22. The molecule has 0 aromatic heterocycles. The Kier molecular flexibility index (Phi) is 16.1. The lowest BCUT2D eigenvalue weighted by Crippen LogP contribution is -3.00. The number of hydrogen-bond donors (Lipinski definition) is 0. The molecule has 0 atom stereocenters. The van der Waals surface area contributed by atoms with Crippen LogP contribution in [0, 0.1) is 0 Å². The Bertz CT molecular complexity index is 445. The molecule has 0 aliphatic heterocycles. The minimum atomic E-state index is 0. The van der Waals surface area contributed by atoms with Gasteiger partial charge in [-0.05, 0) is 39.2 Å². The molecule has 2 heteroatoms. The van der Waals surface area contributed by atoms with E-state index in [2.05, 4.69) is 52.0 Å². The summed E-state index contributed by atoms with van der Waals surface area (Å²) in [4.78, 5) is 0. The van der Waals surface area contributed by atoms with Crippen molar-refractivity contribution in [1.29, 1.82) is 0 Å². The molecular formula is C25H46ClN. The van der Waals surface area contributed by atoms with Gasteiger partial charge >= 0.3 is 0 Å². The molecule has 27 heavy (non-hydrogen) atoms. The number of rotatable bonds is 16. The topological polar surface area (TPSA) is 0 Å². The van der Waals surface area contributed by atoms with E-state index in [9.17, 15) is 0 Å². The second-order valence-corrected chi connectivity index (χ2v) is 8.15. The molecule has 158 valence electrons. The van der Waals surface area contributed by atoms with E-state index in [-0.39, 0.29) is 12.4 Å². The van der Waals surface area contributed by atoms with E-state index in [1.807, 2.05) is 0 Å². The van der Waals surface area contributed by atoms with Gasteiger partial charge in [-0.2, -0.15) is 0 Å². The molecule has 0 saturated carbocycles. The van der Waals surface area contributed by atoms with E-state index in [1.165, 1.54) is 101 Å². The van der Waals surface area contributed by atoms with Crippen LogP contribution in [-0.2, 0) is 13.0 Å². The quantitative estimate of drug-likeness (QED) is 0.285. The van der Waals surface area contributed by atoms with Crippen molar-refractivity contribution < 1.29 is 16.9 Å². The van der Waals surface area contributed by atoms with Crippen molar-refractivity contribution in [1.82, 2.24) is 0 Å². The SMILES string of the molecule is CCCCCCCCCCCCc1ccccc1C[N+](CC)(CC)CC.[Cl-]. The monoisotopic (exact) mass is 395 g/mol. The molecule has 1 rings (SSSR count). The van der Waals surface area contributed by atoms with E-state index in [4.69, 9.17) is 0 Å². The van der Waals surface area contributed by atoms with Gasteiger partial charge in [0, 0.05) is 5.56 Å². The second kappa shape index (κ2) is 16.4. The third kappa shape index (κ3) is 10.5. The summed E-state index contributed by atoms with van der Waals surface area (Å²) in [5.74, 6) is 0. The predicted molar refractivity (Wildman–Crippen MR) is 118 cm³/mol. The molecule has 1 aromatic rings. The predicted octanol–water partition coefficient (Wildman–Crippen LogP) is 4.53. The standard InChI is InChI=1S/C25H46N.ClH/c1-5-9-10-11-12-13-14-15-16-17-20-24-21-18-19-22-25(24)23-26(6-2,7-3)8-4;/h18-19,21-22H,5-17,20,23H2,1-4H3;1H/q+1;/p-1. The molecule has 0 aliphatic carbocycles. The van der Waals surface area contributed by atoms with Crippen LogP contribution in [0.4, 0.5) is 0 Å². The van der Waals surface area contributed by atoms with Crippen LogP contribution in [0.2, 0.25) is 0 Å².